The summed E-state index contributed by atoms with van der Waals surface area (Å²) < 4.78 is 0. The number of carbonyl (C=O) groups is 3. The molecule has 0 aromatic heterocycles. The van der Waals surface area contributed by atoms with E-state index in [2.05, 4.69) is 0 Å². The second kappa shape index (κ2) is 3.97. The number of allylic oxidation sites excluding steroid dienone is 3. The molecule has 2 aliphatic carbocycles. The van der Waals surface area contributed by atoms with Crippen LogP contribution in [0.2, 0.25) is 0 Å². The minimum atomic E-state index is -0.982. The van der Waals surface area contributed by atoms with E-state index in [9.17, 15) is 19.5 Å². The molecule has 2 unspecified atom stereocenters. The molecule has 0 spiro atoms. The third-order valence-electron chi connectivity index (χ3n) is 4.43. The van der Waals surface area contributed by atoms with Crippen LogP contribution in [0.1, 0.15) is 34.1 Å². The number of aliphatic hydroxyl groups is 1. The Morgan fingerprint density at radius 3 is 2.16 bits per heavy atom. The Bertz CT molecular complexity index is 550. The number of carbonyl (C=O) groups excluding carboxylic acids is 3. The van der Waals surface area contributed by atoms with E-state index in [4.69, 9.17) is 0 Å². The van der Waals surface area contributed by atoms with E-state index in [1.807, 2.05) is 0 Å². The van der Waals surface area contributed by atoms with Gasteiger partial charge in [0.2, 0.25) is 0 Å². The fourth-order valence-corrected chi connectivity index (χ4v) is 2.96. The van der Waals surface area contributed by atoms with Crippen molar-refractivity contribution in [2.75, 3.05) is 0 Å². The molecular weight excluding hydrogens is 244 g/mol. The van der Waals surface area contributed by atoms with Crippen molar-refractivity contribution in [3.63, 3.8) is 0 Å². The zero-order valence-electron chi connectivity index (χ0n) is 11.6. The number of hydrogen-bond donors (Lipinski definition) is 1. The summed E-state index contributed by atoms with van der Waals surface area (Å²) in [4.78, 5) is 35.8. The van der Waals surface area contributed by atoms with Crippen molar-refractivity contribution in [2.24, 2.45) is 10.8 Å². The SMILES string of the molecule is CC1=CC(=O)C(C2(C)CC(=O)C(C)(C)C2O)=CC1=O. The van der Waals surface area contributed by atoms with Gasteiger partial charge in [0, 0.05) is 23.0 Å². The van der Waals surface area contributed by atoms with Gasteiger partial charge < -0.3 is 5.11 Å². The van der Waals surface area contributed by atoms with Crippen molar-refractivity contribution in [3.05, 3.63) is 23.3 Å². The molecule has 19 heavy (non-hydrogen) atoms. The first kappa shape index (κ1) is 13.9. The van der Waals surface area contributed by atoms with Crippen LogP contribution < -0.4 is 0 Å². The van der Waals surface area contributed by atoms with Crippen LogP contribution in [0.4, 0.5) is 0 Å². The molecular formula is C15H18O4. The Labute approximate surface area is 112 Å². The summed E-state index contributed by atoms with van der Waals surface area (Å²) >= 11 is 0. The maximum atomic E-state index is 12.1. The summed E-state index contributed by atoms with van der Waals surface area (Å²) in [6.45, 7) is 6.59. The van der Waals surface area contributed by atoms with E-state index in [0.29, 0.717) is 5.57 Å². The Balaban J connectivity index is 2.49. The van der Waals surface area contributed by atoms with Crippen LogP contribution in [0.5, 0.6) is 0 Å². The van der Waals surface area contributed by atoms with Crippen LogP contribution in [-0.2, 0) is 14.4 Å². The Kier molecular flexibility index (Phi) is 2.90. The lowest BCUT2D eigenvalue weighted by Crippen LogP contribution is -2.40. The Hall–Kier alpha value is -1.55. The minimum Gasteiger partial charge on any atom is -0.391 e. The highest BCUT2D eigenvalue weighted by molar-refractivity contribution is 6.20. The largest absolute Gasteiger partial charge is 0.391 e. The highest BCUT2D eigenvalue weighted by atomic mass is 16.3. The summed E-state index contributed by atoms with van der Waals surface area (Å²) in [5.41, 5.74) is -1.25. The second-order valence-electron chi connectivity index (χ2n) is 6.26. The molecule has 1 fully saturated rings. The predicted molar refractivity (Wildman–Crippen MR) is 69.4 cm³/mol. The molecule has 0 aromatic rings. The van der Waals surface area contributed by atoms with Gasteiger partial charge >= 0.3 is 0 Å². The molecule has 1 saturated carbocycles. The van der Waals surface area contributed by atoms with E-state index in [1.54, 1.807) is 27.7 Å². The lowest BCUT2D eigenvalue weighted by Gasteiger charge is -2.34. The van der Waals surface area contributed by atoms with Crippen molar-refractivity contribution in [3.8, 4) is 0 Å². The van der Waals surface area contributed by atoms with Gasteiger partial charge in [0.25, 0.3) is 0 Å². The maximum absolute atomic E-state index is 12.1. The molecule has 0 amide bonds. The molecule has 0 bridgehead atoms. The van der Waals surface area contributed by atoms with Crippen LogP contribution in [0.3, 0.4) is 0 Å². The van der Waals surface area contributed by atoms with Crippen LogP contribution in [-0.4, -0.2) is 28.6 Å². The Morgan fingerprint density at radius 2 is 1.68 bits per heavy atom. The fourth-order valence-electron chi connectivity index (χ4n) is 2.96. The van der Waals surface area contributed by atoms with Crippen LogP contribution in [0.25, 0.3) is 0 Å². The quantitative estimate of drug-likeness (QED) is 0.725. The first-order chi connectivity index (χ1) is 8.60. The van der Waals surface area contributed by atoms with Gasteiger partial charge in [0.1, 0.15) is 5.78 Å². The molecule has 2 atom stereocenters. The van der Waals surface area contributed by atoms with Crippen molar-refractivity contribution >= 4 is 17.3 Å². The molecule has 0 saturated heterocycles. The van der Waals surface area contributed by atoms with Gasteiger partial charge in [-0.05, 0) is 19.1 Å². The number of hydrogen-bond acceptors (Lipinski definition) is 4. The van der Waals surface area contributed by atoms with Gasteiger partial charge in [-0.2, -0.15) is 0 Å². The second-order valence-corrected chi connectivity index (χ2v) is 6.26. The molecule has 0 radical (unpaired) electrons. The topological polar surface area (TPSA) is 71.4 Å². The van der Waals surface area contributed by atoms with Gasteiger partial charge in [-0.25, -0.2) is 0 Å². The number of Topliss-reactive ketones (excluding diaryl/α,β-unsaturated/α-hetero) is 1. The average molecular weight is 262 g/mol. The van der Waals surface area contributed by atoms with Gasteiger partial charge in [-0.1, -0.05) is 20.8 Å². The number of ketones is 3. The molecule has 102 valence electrons. The zero-order valence-corrected chi connectivity index (χ0v) is 11.6. The van der Waals surface area contributed by atoms with Gasteiger partial charge in [0.05, 0.1) is 11.5 Å². The van der Waals surface area contributed by atoms with E-state index in [-0.39, 0.29) is 29.3 Å². The van der Waals surface area contributed by atoms with Crippen LogP contribution >= 0.6 is 0 Å². The maximum Gasteiger partial charge on any atom is 0.183 e. The van der Waals surface area contributed by atoms with Gasteiger partial charge in [0.15, 0.2) is 11.6 Å². The Morgan fingerprint density at radius 1 is 1.11 bits per heavy atom. The molecule has 0 heterocycles. The van der Waals surface area contributed by atoms with Crippen molar-refractivity contribution in [1.29, 1.82) is 0 Å². The molecule has 2 rings (SSSR count). The lowest BCUT2D eigenvalue weighted by atomic mass is 9.71. The first-order valence-corrected chi connectivity index (χ1v) is 6.31. The molecule has 0 aliphatic heterocycles. The van der Waals surface area contributed by atoms with Gasteiger partial charge in [-0.15, -0.1) is 0 Å². The molecule has 1 N–H and O–H groups in total. The lowest BCUT2D eigenvalue weighted by molar-refractivity contribution is -0.127. The predicted octanol–water partition coefficient (Wildman–Crippen LogP) is 1.38. The zero-order chi connectivity index (χ0) is 14.6. The van der Waals surface area contributed by atoms with Gasteiger partial charge in [-0.3, -0.25) is 14.4 Å². The average Bonchev–Trinajstić information content (AvgIpc) is 2.46. The van der Waals surface area contributed by atoms with E-state index in [0.717, 1.165) is 0 Å². The van der Waals surface area contributed by atoms with Crippen molar-refractivity contribution in [2.45, 2.75) is 40.2 Å². The summed E-state index contributed by atoms with van der Waals surface area (Å²) in [5, 5.41) is 10.4. The summed E-state index contributed by atoms with van der Waals surface area (Å²) in [6.07, 6.45) is 1.67. The minimum absolute atomic E-state index is 0.0822. The third-order valence-corrected chi connectivity index (χ3v) is 4.43. The summed E-state index contributed by atoms with van der Waals surface area (Å²) in [6, 6.07) is 0. The van der Waals surface area contributed by atoms with Crippen LogP contribution in [0.15, 0.2) is 23.3 Å². The molecule has 4 heteroatoms. The number of rotatable bonds is 1. The summed E-state index contributed by atoms with van der Waals surface area (Å²) in [5.74, 6) is -0.612. The van der Waals surface area contributed by atoms with Crippen molar-refractivity contribution < 1.29 is 19.5 Å². The number of aliphatic hydroxyl groups excluding tert-OH is 1. The highest BCUT2D eigenvalue weighted by Crippen LogP contribution is 2.51. The van der Waals surface area contributed by atoms with Crippen LogP contribution in [0, 0.1) is 10.8 Å². The summed E-state index contributed by atoms with van der Waals surface area (Å²) in [7, 11) is 0. The van der Waals surface area contributed by atoms with E-state index < -0.39 is 16.9 Å². The first-order valence-electron chi connectivity index (χ1n) is 6.31. The van der Waals surface area contributed by atoms with Crippen molar-refractivity contribution in [1.82, 2.24) is 0 Å². The normalized spacial score (nSPS) is 34.4. The molecule has 2 aliphatic rings. The smallest absolute Gasteiger partial charge is 0.183 e. The van der Waals surface area contributed by atoms with E-state index in [1.165, 1.54) is 12.2 Å². The third kappa shape index (κ3) is 1.82. The molecule has 4 nitrogen and oxygen atoms in total. The van der Waals surface area contributed by atoms with E-state index >= 15 is 0 Å². The monoisotopic (exact) mass is 262 g/mol. The highest BCUT2D eigenvalue weighted by Gasteiger charge is 2.57. The fraction of sp³-hybridized carbons (Fsp3) is 0.533. The molecule has 0 aromatic carbocycles. The standard InChI is InChI=1S/C15H18O4/c1-8-5-11(17)9(6-10(8)16)15(4)7-12(18)14(2,3)13(15)19/h5-6,13,19H,7H2,1-4H3.